The quantitative estimate of drug-likeness (QED) is 0.705. The van der Waals surface area contributed by atoms with E-state index in [2.05, 4.69) is 15.1 Å². The van der Waals surface area contributed by atoms with E-state index < -0.39 is 11.7 Å². The minimum atomic E-state index is -0.674. The largest absolute Gasteiger partial charge is 0.469 e. The van der Waals surface area contributed by atoms with Crippen LogP contribution in [0.3, 0.4) is 0 Å². The maximum absolute atomic E-state index is 10.2. The molecular weight excluding hydrogens is 377 g/mol. The van der Waals surface area contributed by atoms with E-state index >= 15 is 0 Å². The lowest BCUT2D eigenvalue weighted by atomic mass is 9.92. The number of halogens is 2. The summed E-state index contributed by atoms with van der Waals surface area (Å²) in [6.45, 7) is 3.66. The number of aliphatic hydroxyl groups is 1. The highest BCUT2D eigenvalue weighted by molar-refractivity contribution is 6.42. The number of aromatic nitrogens is 3. The Morgan fingerprint density at radius 3 is 2.73 bits per heavy atom. The van der Waals surface area contributed by atoms with Gasteiger partial charge in [-0.25, -0.2) is 4.98 Å². The third-order valence-electron chi connectivity index (χ3n) is 4.35. The molecule has 1 aliphatic rings. The van der Waals surface area contributed by atoms with Crippen LogP contribution >= 0.6 is 23.2 Å². The second kappa shape index (κ2) is 6.23. The van der Waals surface area contributed by atoms with Crippen LogP contribution in [0.1, 0.15) is 19.4 Å². The second-order valence-corrected chi connectivity index (χ2v) is 7.48. The van der Waals surface area contributed by atoms with Crippen LogP contribution in [0.4, 0.5) is 0 Å². The van der Waals surface area contributed by atoms with Crippen LogP contribution in [0.15, 0.2) is 35.0 Å². The van der Waals surface area contributed by atoms with Gasteiger partial charge in [0.05, 0.1) is 21.7 Å². The molecule has 134 valence electrons. The molecule has 6 nitrogen and oxygen atoms in total. The van der Waals surface area contributed by atoms with Gasteiger partial charge in [0.1, 0.15) is 5.60 Å². The maximum atomic E-state index is 10.2. The van der Waals surface area contributed by atoms with Crippen molar-refractivity contribution in [2.75, 3.05) is 0 Å². The lowest BCUT2D eigenvalue weighted by Gasteiger charge is -2.36. The minimum Gasteiger partial charge on any atom is -0.469 e. The van der Waals surface area contributed by atoms with Gasteiger partial charge in [-0.05, 0) is 38.1 Å². The number of pyridine rings is 1. The van der Waals surface area contributed by atoms with Gasteiger partial charge in [0.2, 0.25) is 11.7 Å². The molecule has 26 heavy (non-hydrogen) atoms. The topological polar surface area (TPSA) is 81.3 Å². The first kappa shape index (κ1) is 17.3. The fourth-order valence-corrected chi connectivity index (χ4v) is 3.02. The molecule has 0 saturated carbocycles. The summed E-state index contributed by atoms with van der Waals surface area (Å²) in [7, 11) is 0. The number of hydrogen-bond acceptors (Lipinski definition) is 6. The van der Waals surface area contributed by atoms with E-state index in [0.717, 1.165) is 5.56 Å². The van der Waals surface area contributed by atoms with E-state index in [4.69, 9.17) is 32.5 Å². The average Bonchev–Trinajstić information content (AvgIpc) is 3.08. The van der Waals surface area contributed by atoms with E-state index in [1.165, 1.54) is 0 Å². The molecule has 0 fully saturated rings. The van der Waals surface area contributed by atoms with Crippen molar-refractivity contribution < 1.29 is 14.4 Å². The van der Waals surface area contributed by atoms with Gasteiger partial charge in [-0.3, -0.25) is 0 Å². The molecule has 0 aliphatic carbocycles. The van der Waals surface area contributed by atoms with Crippen molar-refractivity contribution in [1.82, 2.24) is 15.1 Å². The Morgan fingerprint density at radius 1 is 1.15 bits per heavy atom. The van der Waals surface area contributed by atoms with Crippen LogP contribution < -0.4 is 4.74 Å². The number of ether oxygens (including phenoxy) is 1. The number of aliphatic hydroxyl groups excluding tert-OH is 1. The van der Waals surface area contributed by atoms with E-state index in [9.17, 15) is 5.11 Å². The van der Waals surface area contributed by atoms with Gasteiger partial charge >= 0.3 is 0 Å². The number of nitrogens with zero attached hydrogens (tertiary/aromatic N) is 3. The van der Waals surface area contributed by atoms with Gasteiger partial charge in [0.15, 0.2) is 0 Å². The SMILES string of the molecule is CC1(C)Oc2ncc(-c3nc(-c4ccc(Cl)c(Cl)c4)no3)cc2CC1O. The molecule has 1 aromatic carbocycles. The van der Waals surface area contributed by atoms with Crippen molar-refractivity contribution in [1.29, 1.82) is 0 Å². The first-order valence-corrected chi connectivity index (χ1v) is 8.74. The summed E-state index contributed by atoms with van der Waals surface area (Å²) >= 11 is 12.0. The minimum absolute atomic E-state index is 0.320. The van der Waals surface area contributed by atoms with Crippen LogP contribution in [0.25, 0.3) is 22.8 Å². The summed E-state index contributed by atoms with van der Waals surface area (Å²) in [5.41, 5.74) is 1.47. The molecule has 0 radical (unpaired) electrons. The lowest BCUT2D eigenvalue weighted by molar-refractivity contribution is -0.0442. The van der Waals surface area contributed by atoms with Crippen molar-refractivity contribution in [2.45, 2.75) is 32.0 Å². The molecule has 1 unspecified atom stereocenters. The Hall–Kier alpha value is -2.15. The zero-order valence-electron chi connectivity index (χ0n) is 14.0. The summed E-state index contributed by atoms with van der Waals surface area (Å²) in [6.07, 6.45) is 1.43. The molecule has 8 heteroatoms. The first-order chi connectivity index (χ1) is 12.3. The van der Waals surface area contributed by atoms with Crippen molar-refractivity contribution in [3.63, 3.8) is 0 Å². The molecule has 1 aliphatic heterocycles. The standard InChI is InChI=1S/C18H15Cl2N3O3/c1-18(2)14(24)7-10-5-11(8-21-16(10)25-18)17-22-15(23-26-17)9-3-4-12(19)13(20)6-9/h3-6,8,14,24H,7H2,1-2H3. The molecule has 0 spiro atoms. The Morgan fingerprint density at radius 2 is 1.96 bits per heavy atom. The van der Waals surface area contributed by atoms with Crippen LogP contribution in [-0.4, -0.2) is 31.9 Å². The molecular formula is C18H15Cl2N3O3. The van der Waals surface area contributed by atoms with Crippen molar-refractivity contribution in [3.05, 3.63) is 46.1 Å². The van der Waals surface area contributed by atoms with Crippen LogP contribution in [0.2, 0.25) is 10.0 Å². The van der Waals surface area contributed by atoms with Crippen molar-refractivity contribution >= 4 is 23.2 Å². The third kappa shape index (κ3) is 3.05. The highest BCUT2D eigenvalue weighted by Gasteiger charge is 2.36. The molecule has 0 saturated heterocycles. The third-order valence-corrected chi connectivity index (χ3v) is 5.09. The number of rotatable bonds is 2. The average molecular weight is 392 g/mol. The summed E-state index contributed by atoms with van der Waals surface area (Å²) in [4.78, 5) is 8.73. The molecule has 0 amide bonds. The monoisotopic (exact) mass is 391 g/mol. The second-order valence-electron chi connectivity index (χ2n) is 6.67. The van der Waals surface area contributed by atoms with E-state index in [1.54, 1.807) is 24.4 Å². The summed E-state index contributed by atoms with van der Waals surface area (Å²) < 4.78 is 11.1. The molecule has 4 rings (SSSR count). The smallest absolute Gasteiger partial charge is 0.259 e. The predicted octanol–water partition coefficient (Wildman–Crippen LogP) is 4.18. The zero-order chi connectivity index (χ0) is 18.5. The van der Waals surface area contributed by atoms with Crippen LogP contribution in [0.5, 0.6) is 5.88 Å². The summed E-state index contributed by atoms with van der Waals surface area (Å²) in [5, 5.41) is 15.1. The van der Waals surface area contributed by atoms with Crippen molar-refractivity contribution in [2.24, 2.45) is 0 Å². The molecule has 3 aromatic rings. The maximum Gasteiger partial charge on any atom is 0.259 e. The van der Waals surface area contributed by atoms with Crippen LogP contribution in [0, 0.1) is 0 Å². The van der Waals surface area contributed by atoms with Gasteiger partial charge in [-0.2, -0.15) is 4.98 Å². The van der Waals surface area contributed by atoms with Gasteiger partial charge in [0, 0.05) is 23.7 Å². The molecule has 1 N–H and O–H groups in total. The van der Waals surface area contributed by atoms with Gasteiger partial charge in [0.25, 0.3) is 5.89 Å². The number of hydrogen-bond donors (Lipinski definition) is 1. The Balaban J connectivity index is 1.66. The highest BCUT2D eigenvalue weighted by atomic mass is 35.5. The van der Waals surface area contributed by atoms with E-state index in [0.29, 0.717) is 45.2 Å². The van der Waals surface area contributed by atoms with E-state index in [1.807, 2.05) is 19.9 Å². The highest BCUT2D eigenvalue weighted by Crippen LogP contribution is 2.34. The van der Waals surface area contributed by atoms with Crippen LogP contribution in [-0.2, 0) is 6.42 Å². The fraction of sp³-hybridized carbons (Fsp3) is 0.278. The van der Waals surface area contributed by atoms with Gasteiger partial charge < -0.3 is 14.4 Å². The Labute approximate surface area is 159 Å². The fourth-order valence-electron chi connectivity index (χ4n) is 2.72. The van der Waals surface area contributed by atoms with Gasteiger partial charge in [-0.1, -0.05) is 28.4 Å². The summed E-state index contributed by atoms with van der Waals surface area (Å²) in [6, 6.07) is 6.96. The van der Waals surface area contributed by atoms with E-state index in [-0.39, 0.29) is 0 Å². The molecule has 0 bridgehead atoms. The Bertz CT molecular complexity index is 988. The zero-order valence-corrected chi connectivity index (χ0v) is 15.5. The number of fused-ring (bicyclic) bond motifs is 1. The molecule has 1 atom stereocenters. The van der Waals surface area contributed by atoms with Crippen molar-refractivity contribution in [3.8, 4) is 28.7 Å². The molecule has 2 aromatic heterocycles. The predicted molar refractivity (Wildman–Crippen MR) is 97.4 cm³/mol. The number of benzene rings is 1. The Kier molecular flexibility index (Phi) is 4.14. The summed E-state index contributed by atoms with van der Waals surface area (Å²) in [5.74, 6) is 1.22. The molecule has 3 heterocycles. The van der Waals surface area contributed by atoms with Gasteiger partial charge in [-0.15, -0.1) is 0 Å². The normalized spacial score (nSPS) is 18.3. The lowest BCUT2D eigenvalue weighted by Crippen LogP contribution is -2.46. The first-order valence-electron chi connectivity index (χ1n) is 7.99.